The van der Waals surface area contributed by atoms with E-state index in [1.165, 1.54) is 14.2 Å². The molecule has 4 nitrogen and oxygen atoms in total. The molecule has 0 aromatic carbocycles. The van der Waals surface area contributed by atoms with Crippen molar-refractivity contribution in [1.82, 2.24) is 0 Å². The van der Waals surface area contributed by atoms with Gasteiger partial charge in [-0.3, -0.25) is 4.57 Å². The Balaban J connectivity index is 2.81. The summed E-state index contributed by atoms with van der Waals surface area (Å²) in [7, 11) is -0.298. The molecule has 0 atom stereocenters. The van der Waals surface area contributed by atoms with Gasteiger partial charge in [0.2, 0.25) is 0 Å². The van der Waals surface area contributed by atoms with Crippen molar-refractivity contribution in [2.24, 2.45) is 5.73 Å². The highest BCUT2D eigenvalue weighted by Crippen LogP contribution is 2.61. The first-order chi connectivity index (χ1) is 6.08. The fourth-order valence-corrected chi connectivity index (χ4v) is 3.62. The van der Waals surface area contributed by atoms with Gasteiger partial charge in [0, 0.05) is 14.2 Å². The maximum atomic E-state index is 12.1. The maximum absolute atomic E-state index is 12.1. The van der Waals surface area contributed by atoms with E-state index in [9.17, 15) is 4.57 Å². The molecule has 0 aromatic rings. The molecule has 1 fully saturated rings. The van der Waals surface area contributed by atoms with Gasteiger partial charge in [0.1, 0.15) is 5.28 Å². The van der Waals surface area contributed by atoms with Gasteiger partial charge in [0.05, 0.1) is 0 Å². The van der Waals surface area contributed by atoms with Crippen molar-refractivity contribution in [3.05, 3.63) is 0 Å². The Labute approximate surface area is 79.3 Å². The van der Waals surface area contributed by atoms with Gasteiger partial charge >= 0.3 is 7.60 Å². The van der Waals surface area contributed by atoms with E-state index in [-0.39, 0.29) is 0 Å². The molecule has 0 radical (unpaired) electrons. The third-order valence-corrected chi connectivity index (χ3v) is 5.24. The molecule has 78 valence electrons. The second-order valence-electron chi connectivity index (χ2n) is 3.53. The Kier molecular flexibility index (Phi) is 3.52. The van der Waals surface area contributed by atoms with Crippen LogP contribution in [0, 0.1) is 0 Å². The average Bonchev–Trinajstić information content (AvgIpc) is 2.17. The lowest BCUT2D eigenvalue weighted by Gasteiger charge is -2.37. The molecule has 1 aliphatic rings. The molecule has 13 heavy (non-hydrogen) atoms. The molecule has 1 rings (SSSR count). The van der Waals surface area contributed by atoms with Crippen molar-refractivity contribution in [3.8, 4) is 0 Å². The summed E-state index contributed by atoms with van der Waals surface area (Å²) in [5, 5.41) is -0.755. The molecule has 0 amide bonds. The highest BCUT2D eigenvalue weighted by molar-refractivity contribution is 7.55. The molecule has 0 spiro atoms. The molecule has 0 heterocycles. The van der Waals surface area contributed by atoms with Crippen LogP contribution in [0.3, 0.4) is 0 Å². The summed E-state index contributed by atoms with van der Waals surface area (Å²) in [6.07, 6.45) is 4.63. The van der Waals surface area contributed by atoms with Crippen molar-refractivity contribution < 1.29 is 13.6 Å². The zero-order valence-corrected chi connectivity index (χ0v) is 9.18. The van der Waals surface area contributed by atoms with E-state index < -0.39 is 12.9 Å². The topological polar surface area (TPSA) is 61.5 Å². The van der Waals surface area contributed by atoms with E-state index in [1.54, 1.807) is 0 Å². The smallest absolute Gasteiger partial charge is 0.315 e. The first-order valence-electron chi connectivity index (χ1n) is 4.58. The third-order valence-electron chi connectivity index (χ3n) is 2.75. The van der Waals surface area contributed by atoms with Crippen molar-refractivity contribution >= 4 is 7.60 Å². The Bertz CT molecular complexity index is 205. The number of hydrogen-bond acceptors (Lipinski definition) is 4. The van der Waals surface area contributed by atoms with Crippen LogP contribution in [0.15, 0.2) is 0 Å². The largest absolute Gasteiger partial charge is 0.349 e. The van der Waals surface area contributed by atoms with E-state index >= 15 is 0 Å². The average molecular weight is 207 g/mol. The minimum atomic E-state index is -3.09. The summed E-state index contributed by atoms with van der Waals surface area (Å²) < 4.78 is 21.9. The second-order valence-corrected chi connectivity index (χ2v) is 6.14. The second kappa shape index (κ2) is 4.09. The Morgan fingerprint density at radius 3 is 2.00 bits per heavy atom. The zero-order valence-electron chi connectivity index (χ0n) is 8.28. The number of rotatable bonds is 3. The van der Waals surface area contributed by atoms with Crippen LogP contribution in [0.25, 0.3) is 0 Å². The predicted molar refractivity (Wildman–Crippen MR) is 51.6 cm³/mol. The molecule has 2 N–H and O–H groups in total. The number of hydrogen-bond donors (Lipinski definition) is 1. The van der Waals surface area contributed by atoms with Crippen LogP contribution in [0.1, 0.15) is 32.1 Å². The Hall–Kier alpha value is 0.110. The fourth-order valence-electron chi connectivity index (χ4n) is 1.88. The molecule has 0 unspecified atom stereocenters. The van der Waals surface area contributed by atoms with Gasteiger partial charge in [-0.1, -0.05) is 19.3 Å². The molecule has 1 aliphatic carbocycles. The van der Waals surface area contributed by atoms with Crippen LogP contribution in [-0.4, -0.2) is 19.5 Å². The summed E-state index contributed by atoms with van der Waals surface area (Å²) in [5.41, 5.74) is 6.05. The van der Waals surface area contributed by atoms with Crippen molar-refractivity contribution in [3.63, 3.8) is 0 Å². The van der Waals surface area contributed by atoms with Gasteiger partial charge in [0.25, 0.3) is 0 Å². The SMILES string of the molecule is COP(=O)(OC)C1(N)CCCCC1. The Morgan fingerprint density at radius 2 is 1.62 bits per heavy atom. The van der Waals surface area contributed by atoms with Gasteiger partial charge in [0.15, 0.2) is 0 Å². The van der Waals surface area contributed by atoms with Crippen molar-refractivity contribution in [1.29, 1.82) is 0 Å². The van der Waals surface area contributed by atoms with Crippen molar-refractivity contribution in [2.45, 2.75) is 37.4 Å². The molecule has 0 aromatic heterocycles. The summed E-state index contributed by atoms with van der Waals surface area (Å²) in [6.45, 7) is 0. The van der Waals surface area contributed by atoms with E-state index in [1.807, 2.05) is 0 Å². The van der Waals surface area contributed by atoms with Crippen LogP contribution in [0.5, 0.6) is 0 Å². The molecule has 5 heteroatoms. The molecular formula is C8H18NO3P. The van der Waals surface area contributed by atoms with Gasteiger partial charge in [-0.05, 0) is 12.8 Å². The summed E-state index contributed by atoms with van der Waals surface area (Å²) in [4.78, 5) is 0. The lowest BCUT2D eigenvalue weighted by atomic mass is 9.96. The van der Waals surface area contributed by atoms with Crippen LogP contribution in [-0.2, 0) is 13.6 Å². The zero-order chi connectivity index (χ0) is 9.95. The van der Waals surface area contributed by atoms with Crippen LogP contribution in [0.2, 0.25) is 0 Å². The summed E-state index contributed by atoms with van der Waals surface area (Å²) in [6, 6.07) is 0. The first-order valence-corrected chi connectivity index (χ1v) is 6.13. The van der Waals surface area contributed by atoms with E-state index in [0.29, 0.717) is 0 Å². The highest BCUT2D eigenvalue weighted by atomic mass is 31.2. The molecule has 1 saturated carbocycles. The normalized spacial score (nSPS) is 23.0. The molecule has 0 aliphatic heterocycles. The molecule has 0 saturated heterocycles. The fraction of sp³-hybridized carbons (Fsp3) is 1.00. The van der Waals surface area contributed by atoms with E-state index in [2.05, 4.69) is 0 Å². The van der Waals surface area contributed by atoms with E-state index in [4.69, 9.17) is 14.8 Å². The Morgan fingerprint density at radius 1 is 1.15 bits per heavy atom. The highest BCUT2D eigenvalue weighted by Gasteiger charge is 2.47. The maximum Gasteiger partial charge on any atom is 0.349 e. The lowest BCUT2D eigenvalue weighted by Crippen LogP contribution is -2.42. The van der Waals surface area contributed by atoms with Gasteiger partial charge in [-0.2, -0.15) is 0 Å². The first kappa shape index (κ1) is 11.2. The molecule has 0 bridgehead atoms. The summed E-state index contributed by atoms with van der Waals surface area (Å²) >= 11 is 0. The van der Waals surface area contributed by atoms with Crippen LogP contribution >= 0.6 is 7.60 Å². The van der Waals surface area contributed by atoms with Crippen molar-refractivity contribution in [2.75, 3.05) is 14.2 Å². The van der Waals surface area contributed by atoms with Gasteiger partial charge < -0.3 is 14.8 Å². The third kappa shape index (κ3) is 1.96. The van der Waals surface area contributed by atoms with Gasteiger partial charge in [-0.25, -0.2) is 0 Å². The minimum Gasteiger partial charge on any atom is -0.315 e. The minimum absolute atomic E-state index is 0.728. The predicted octanol–water partition coefficient (Wildman–Crippen LogP) is 2.09. The standard InChI is InChI=1S/C8H18NO3P/c1-11-13(10,12-2)8(9)6-4-3-5-7-8/h3-7,9H2,1-2H3. The monoisotopic (exact) mass is 207 g/mol. The van der Waals surface area contributed by atoms with E-state index in [0.717, 1.165) is 32.1 Å². The lowest BCUT2D eigenvalue weighted by molar-refractivity contribution is 0.223. The number of nitrogens with two attached hydrogens (primary N) is 1. The quantitative estimate of drug-likeness (QED) is 0.720. The van der Waals surface area contributed by atoms with Crippen LogP contribution < -0.4 is 5.73 Å². The van der Waals surface area contributed by atoms with Gasteiger partial charge in [-0.15, -0.1) is 0 Å². The molecular weight excluding hydrogens is 189 g/mol. The van der Waals surface area contributed by atoms with Crippen LogP contribution in [0.4, 0.5) is 0 Å². The summed E-state index contributed by atoms with van der Waals surface area (Å²) in [5.74, 6) is 0.